The van der Waals surface area contributed by atoms with Gasteiger partial charge in [0.25, 0.3) is 0 Å². The maximum Gasteiger partial charge on any atom is 0.223 e. The van der Waals surface area contributed by atoms with Gasteiger partial charge in [0.15, 0.2) is 0 Å². The average molecular weight is 292 g/mol. The smallest absolute Gasteiger partial charge is 0.223 e. The lowest BCUT2D eigenvalue weighted by Crippen LogP contribution is -1.94. The molecular weight excluding hydrogens is 278 g/mol. The maximum atomic E-state index is 5.85. The number of nitrogens with zero attached hydrogens (tertiary/aromatic N) is 1. The lowest BCUT2D eigenvalue weighted by Gasteiger charge is -2.10. The molecule has 2 aromatic rings. The molecule has 3 heteroatoms. The fraction of sp³-hybridized carbons (Fsp3) is 0.214. The molecule has 0 unspecified atom stereocenters. The zero-order valence-electron chi connectivity index (χ0n) is 9.90. The van der Waals surface area contributed by atoms with Crippen LogP contribution in [0.5, 0.6) is 11.6 Å². The molecule has 1 heterocycles. The van der Waals surface area contributed by atoms with Crippen LogP contribution in [0.3, 0.4) is 0 Å². The predicted octanol–water partition coefficient (Wildman–Crippen LogP) is 4.39. The fourth-order valence-corrected chi connectivity index (χ4v) is 2.06. The second kappa shape index (κ2) is 5.32. The number of ether oxygens (including phenoxy) is 1. The monoisotopic (exact) mass is 291 g/mol. The molecular formula is C14H14BrNO. The number of alkyl halides is 1. The average Bonchev–Trinajstić information content (AvgIpc) is 2.33. The van der Waals surface area contributed by atoms with E-state index in [0.717, 1.165) is 22.2 Å². The summed E-state index contributed by atoms with van der Waals surface area (Å²) in [7, 11) is 0. The molecule has 0 fully saturated rings. The molecule has 17 heavy (non-hydrogen) atoms. The lowest BCUT2D eigenvalue weighted by molar-refractivity contribution is 0.455. The molecule has 0 aliphatic carbocycles. The van der Waals surface area contributed by atoms with E-state index in [-0.39, 0.29) is 0 Å². The highest BCUT2D eigenvalue weighted by Crippen LogP contribution is 2.27. The molecule has 0 aliphatic rings. The molecule has 1 aromatic carbocycles. The number of pyridine rings is 1. The topological polar surface area (TPSA) is 22.1 Å². The van der Waals surface area contributed by atoms with Gasteiger partial charge in [-0.25, -0.2) is 4.98 Å². The van der Waals surface area contributed by atoms with E-state index in [0.29, 0.717) is 5.88 Å². The molecule has 0 amide bonds. The minimum absolute atomic E-state index is 0.663. The van der Waals surface area contributed by atoms with Gasteiger partial charge in [0.2, 0.25) is 5.88 Å². The summed E-state index contributed by atoms with van der Waals surface area (Å²) in [5, 5.41) is 0.737. The molecule has 0 radical (unpaired) electrons. The van der Waals surface area contributed by atoms with Crippen LogP contribution in [0.4, 0.5) is 0 Å². The van der Waals surface area contributed by atoms with Crippen molar-refractivity contribution in [3.63, 3.8) is 0 Å². The number of aryl methyl sites for hydroxylation is 2. The minimum atomic E-state index is 0.663. The van der Waals surface area contributed by atoms with E-state index in [4.69, 9.17) is 4.74 Å². The second-order valence-electron chi connectivity index (χ2n) is 3.97. The highest BCUT2D eigenvalue weighted by molar-refractivity contribution is 9.08. The molecule has 2 rings (SSSR count). The third-order valence-electron chi connectivity index (χ3n) is 2.53. The quantitative estimate of drug-likeness (QED) is 0.783. The van der Waals surface area contributed by atoms with Gasteiger partial charge in [-0.15, -0.1) is 0 Å². The Kier molecular flexibility index (Phi) is 3.79. The molecule has 1 aromatic heterocycles. The Balaban J connectivity index is 2.31. The molecule has 0 bridgehead atoms. The number of benzene rings is 1. The Bertz CT molecular complexity index is 525. The summed E-state index contributed by atoms with van der Waals surface area (Å²) in [5.74, 6) is 1.52. The van der Waals surface area contributed by atoms with Gasteiger partial charge < -0.3 is 4.74 Å². The molecule has 2 nitrogen and oxygen atoms in total. The SMILES string of the molecule is Cc1ccc(Oc2ncccc2CBr)c(C)c1. The van der Waals surface area contributed by atoms with Gasteiger partial charge in [-0.05, 0) is 31.5 Å². The Morgan fingerprint density at radius 3 is 2.76 bits per heavy atom. The van der Waals surface area contributed by atoms with Crippen LogP contribution in [-0.2, 0) is 5.33 Å². The zero-order chi connectivity index (χ0) is 12.3. The van der Waals surface area contributed by atoms with Gasteiger partial charge in [-0.3, -0.25) is 0 Å². The Labute approximate surface area is 110 Å². The van der Waals surface area contributed by atoms with Crippen LogP contribution < -0.4 is 4.74 Å². The lowest BCUT2D eigenvalue weighted by atomic mass is 10.1. The molecule has 0 spiro atoms. The van der Waals surface area contributed by atoms with Crippen molar-refractivity contribution in [1.29, 1.82) is 0 Å². The Hall–Kier alpha value is -1.35. The molecule has 0 atom stereocenters. The van der Waals surface area contributed by atoms with Crippen molar-refractivity contribution >= 4 is 15.9 Å². The van der Waals surface area contributed by atoms with Crippen LogP contribution in [0.1, 0.15) is 16.7 Å². The molecule has 0 saturated carbocycles. The normalized spacial score (nSPS) is 10.3. The van der Waals surface area contributed by atoms with Crippen molar-refractivity contribution in [2.75, 3.05) is 0 Å². The molecule has 0 N–H and O–H groups in total. The van der Waals surface area contributed by atoms with Gasteiger partial charge in [0.1, 0.15) is 5.75 Å². The number of halogens is 1. The summed E-state index contributed by atoms with van der Waals surface area (Å²) in [6.45, 7) is 4.11. The molecule has 0 saturated heterocycles. The maximum absolute atomic E-state index is 5.85. The van der Waals surface area contributed by atoms with Crippen LogP contribution in [0.25, 0.3) is 0 Å². The van der Waals surface area contributed by atoms with Crippen LogP contribution in [0.15, 0.2) is 36.5 Å². The van der Waals surface area contributed by atoms with Crippen molar-refractivity contribution in [1.82, 2.24) is 4.98 Å². The first-order valence-electron chi connectivity index (χ1n) is 5.45. The second-order valence-corrected chi connectivity index (χ2v) is 4.53. The van der Waals surface area contributed by atoms with Crippen molar-refractivity contribution in [2.24, 2.45) is 0 Å². The number of aromatic nitrogens is 1. The Morgan fingerprint density at radius 1 is 1.24 bits per heavy atom. The van der Waals surface area contributed by atoms with E-state index in [1.165, 1.54) is 5.56 Å². The van der Waals surface area contributed by atoms with Crippen LogP contribution in [0, 0.1) is 13.8 Å². The summed E-state index contributed by atoms with van der Waals surface area (Å²) in [5.41, 5.74) is 3.40. The van der Waals surface area contributed by atoms with Crippen LogP contribution in [-0.4, -0.2) is 4.98 Å². The standard InChI is InChI=1S/C14H14BrNO/c1-10-5-6-13(11(2)8-10)17-14-12(9-15)4-3-7-16-14/h3-8H,9H2,1-2H3. The third-order valence-corrected chi connectivity index (χ3v) is 3.14. The number of hydrogen-bond acceptors (Lipinski definition) is 2. The summed E-state index contributed by atoms with van der Waals surface area (Å²) in [6.07, 6.45) is 1.74. The van der Waals surface area contributed by atoms with Crippen molar-refractivity contribution < 1.29 is 4.74 Å². The van der Waals surface area contributed by atoms with Gasteiger partial charge in [0, 0.05) is 17.1 Å². The van der Waals surface area contributed by atoms with E-state index in [1.807, 2.05) is 31.2 Å². The van der Waals surface area contributed by atoms with E-state index in [1.54, 1.807) is 6.20 Å². The van der Waals surface area contributed by atoms with Gasteiger partial charge >= 0.3 is 0 Å². The summed E-state index contributed by atoms with van der Waals surface area (Å²) >= 11 is 3.43. The van der Waals surface area contributed by atoms with E-state index in [9.17, 15) is 0 Å². The van der Waals surface area contributed by atoms with Crippen LogP contribution >= 0.6 is 15.9 Å². The summed E-state index contributed by atoms with van der Waals surface area (Å²) < 4.78 is 5.85. The van der Waals surface area contributed by atoms with Gasteiger partial charge in [0.05, 0.1) is 0 Å². The Morgan fingerprint density at radius 2 is 2.06 bits per heavy atom. The zero-order valence-corrected chi connectivity index (χ0v) is 11.5. The minimum Gasteiger partial charge on any atom is -0.438 e. The number of hydrogen-bond donors (Lipinski definition) is 0. The van der Waals surface area contributed by atoms with Crippen LogP contribution in [0.2, 0.25) is 0 Å². The highest BCUT2D eigenvalue weighted by atomic mass is 79.9. The highest BCUT2D eigenvalue weighted by Gasteiger charge is 2.06. The first kappa shape index (κ1) is 12.1. The van der Waals surface area contributed by atoms with Crippen molar-refractivity contribution in [3.8, 4) is 11.6 Å². The van der Waals surface area contributed by atoms with E-state index >= 15 is 0 Å². The predicted molar refractivity (Wildman–Crippen MR) is 72.9 cm³/mol. The van der Waals surface area contributed by atoms with Gasteiger partial charge in [-0.2, -0.15) is 0 Å². The van der Waals surface area contributed by atoms with Gasteiger partial charge in [-0.1, -0.05) is 39.7 Å². The van der Waals surface area contributed by atoms with E-state index in [2.05, 4.69) is 33.9 Å². The summed E-state index contributed by atoms with van der Waals surface area (Å²) in [4.78, 5) is 4.26. The summed E-state index contributed by atoms with van der Waals surface area (Å²) in [6, 6.07) is 10.0. The van der Waals surface area contributed by atoms with E-state index < -0.39 is 0 Å². The molecule has 0 aliphatic heterocycles. The van der Waals surface area contributed by atoms with Crippen molar-refractivity contribution in [2.45, 2.75) is 19.2 Å². The number of rotatable bonds is 3. The third kappa shape index (κ3) is 2.86. The first-order valence-corrected chi connectivity index (χ1v) is 6.58. The van der Waals surface area contributed by atoms with Crippen molar-refractivity contribution in [3.05, 3.63) is 53.2 Å². The largest absolute Gasteiger partial charge is 0.438 e. The fourth-order valence-electron chi connectivity index (χ4n) is 1.64. The molecule has 88 valence electrons. The first-order chi connectivity index (χ1) is 8.20.